The van der Waals surface area contributed by atoms with Crippen molar-refractivity contribution in [1.82, 2.24) is 0 Å². The summed E-state index contributed by atoms with van der Waals surface area (Å²) in [5, 5.41) is 0. The third-order valence-corrected chi connectivity index (χ3v) is 6.57. The summed E-state index contributed by atoms with van der Waals surface area (Å²) in [7, 11) is 0. The van der Waals surface area contributed by atoms with Gasteiger partial charge < -0.3 is 14.2 Å². The Morgan fingerprint density at radius 2 is 1.09 bits per heavy atom. The van der Waals surface area contributed by atoms with E-state index in [9.17, 15) is 4.79 Å². The Kier molecular flexibility index (Phi) is 21.3. The minimum atomic E-state index is 0.00562. The van der Waals surface area contributed by atoms with Crippen LogP contribution in [0.25, 0.3) is 0 Å². The molecular formula is C29H56O4. The van der Waals surface area contributed by atoms with Gasteiger partial charge in [0, 0.05) is 6.42 Å². The molecule has 4 nitrogen and oxygen atoms in total. The molecule has 0 bridgehead atoms. The van der Waals surface area contributed by atoms with E-state index in [0.29, 0.717) is 25.2 Å². The van der Waals surface area contributed by atoms with E-state index in [1.54, 1.807) is 0 Å². The summed E-state index contributed by atoms with van der Waals surface area (Å²) in [5.41, 5.74) is 0. The number of hydrogen-bond acceptors (Lipinski definition) is 4. The van der Waals surface area contributed by atoms with Crippen LogP contribution in [-0.2, 0) is 19.0 Å². The first-order valence-electron chi connectivity index (χ1n) is 14.6. The van der Waals surface area contributed by atoms with Crippen LogP contribution in [0.2, 0.25) is 0 Å². The molecule has 0 aromatic carbocycles. The van der Waals surface area contributed by atoms with Crippen LogP contribution in [0, 0.1) is 0 Å². The van der Waals surface area contributed by atoms with Crippen molar-refractivity contribution >= 4 is 5.97 Å². The van der Waals surface area contributed by atoms with Gasteiger partial charge >= 0.3 is 5.97 Å². The summed E-state index contributed by atoms with van der Waals surface area (Å²) in [4.78, 5) is 11.7. The van der Waals surface area contributed by atoms with Crippen LogP contribution < -0.4 is 0 Å². The van der Waals surface area contributed by atoms with Crippen molar-refractivity contribution in [2.24, 2.45) is 0 Å². The van der Waals surface area contributed by atoms with E-state index in [0.717, 1.165) is 26.1 Å². The fourth-order valence-electron chi connectivity index (χ4n) is 4.06. The first-order valence-corrected chi connectivity index (χ1v) is 14.6. The van der Waals surface area contributed by atoms with Gasteiger partial charge in [-0.1, -0.05) is 116 Å². The molecule has 2 aliphatic heterocycles. The molecule has 0 radical (unpaired) electrons. The van der Waals surface area contributed by atoms with Crippen LogP contribution in [0.4, 0.5) is 0 Å². The standard InChI is InChI=1S/C26H50O3.C3H6O/c1-2-3-4-5-6-7-8-9-10-11-12-13-14-15-19-22-26(27)28-23-20-17-16-18-21-25-24-29-25;1-3-2-4-3/h25H,2-24H2,1H3;3H,2H2,1H3. The number of rotatable bonds is 23. The summed E-state index contributed by atoms with van der Waals surface area (Å²) >= 11 is 0. The molecule has 33 heavy (non-hydrogen) atoms. The second-order valence-corrected chi connectivity index (χ2v) is 10.2. The van der Waals surface area contributed by atoms with E-state index in [4.69, 9.17) is 14.2 Å². The molecule has 2 atom stereocenters. The largest absolute Gasteiger partial charge is 0.466 e. The van der Waals surface area contributed by atoms with Gasteiger partial charge in [-0.25, -0.2) is 0 Å². The lowest BCUT2D eigenvalue weighted by Crippen LogP contribution is -2.05. The highest BCUT2D eigenvalue weighted by Crippen LogP contribution is 2.17. The number of ether oxygens (including phenoxy) is 3. The SMILES string of the molecule is CC1CO1.CCCCCCCCCCCCCCCCCC(=O)OCCCCCCC1CO1. The van der Waals surface area contributed by atoms with Crippen LogP contribution in [0.15, 0.2) is 0 Å². The van der Waals surface area contributed by atoms with E-state index in [-0.39, 0.29) is 5.97 Å². The van der Waals surface area contributed by atoms with Gasteiger partial charge in [0.2, 0.25) is 0 Å². The van der Waals surface area contributed by atoms with Gasteiger partial charge in [0.1, 0.15) is 0 Å². The summed E-state index contributed by atoms with van der Waals surface area (Å²) in [6.07, 6.45) is 28.0. The zero-order chi connectivity index (χ0) is 23.8. The third kappa shape index (κ3) is 25.8. The molecule has 0 amide bonds. The number of epoxide rings is 2. The Balaban J connectivity index is 0.00000122. The first kappa shape index (κ1) is 30.4. The van der Waals surface area contributed by atoms with Crippen molar-refractivity contribution in [3.8, 4) is 0 Å². The molecule has 2 saturated heterocycles. The fraction of sp³-hybridized carbons (Fsp3) is 0.966. The molecule has 0 N–H and O–H groups in total. The van der Waals surface area contributed by atoms with Gasteiger partial charge in [0.15, 0.2) is 0 Å². The number of esters is 1. The van der Waals surface area contributed by atoms with Crippen molar-refractivity contribution in [3.05, 3.63) is 0 Å². The topological polar surface area (TPSA) is 51.4 Å². The van der Waals surface area contributed by atoms with Crippen molar-refractivity contribution in [1.29, 1.82) is 0 Å². The number of unbranched alkanes of at least 4 members (excludes halogenated alkanes) is 17. The molecule has 0 saturated carbocycles. The highest BCUT2D eigenvalue weighted by Gasteiger charge is 2.20. The van der Waals surface area contributed by atoms with E-state index in [1.807, 2.05) is 0 Å². The van der Waals surface area contributed by atoms with Crippen LogP contribution in [-0.4, -0.2) is 38.0 Å². The summed E-state index contributed by atoms with van der Waals surface area (Å²) < 4.78 is 15.2. The predicted octanol–water partition coefficient (Wildman–Crippen LogP) is 8.55. The Morgan fingerprint density at radius 1 is 0.667 bits per heavy atom. The van der Waals surface area contributed by atoms with Gasteiger partial charge in [0.25, 0.3) is 0 Å². The molecule has 0 aromatic rings. The zero-order valence-electron chi connectivity index (χ0n) is 22.3. The summed E-state index contributed by atoms with van der Waals surface area (Å²) in [5.74, 6) is 0.00562. The maximum atomic E-state index is 11.7. The molecule has 0 aliphatic carbocycles. The molecule has 0 aromatic heterocycles. The smallest absolute Gasteiger partial charge is 0.305 e. The lowest BCUT2D eigenvalue weighted by molar-refractivity contribution is -0.143. The van der Waals surface area contributed by atoms with Crippen molar-refractivity contribution in [2.45, 2.75) is 161 Å². The van der Waals surface area contributed by atoms with Crippen LogP contribution >= 0.6 is 0 Å². The van der Waals surface area contributed by atoms with E-state index in [1.165, 1.54) is 116 Å². The first-order chi connectivity index (χ1) is 16.2. The second kappa shape index (κ2) is 23.1. The second-order valence-electron chi connectivity index (χ2n) is 10.2. The number of hydrogen-bond donors (Lipinski definition) is 0. The molecule has 0 spiro atoms. The van der Waals surface area contributed by atoms with Gasteiger partial charge in [-0.3, -0.25) is 4.79 Å². The minimum Gasteiger partial charge on any atom is -0.466 e. The van der Waals surface area contributed by atoms with Crippen LogP contribution in [0.3, 0.4) is 0 Å². The quantitative estimate of drug-likeness (QED) is 0.0856. The van der Waals surface area contributed by atoms with E-state index >= 15 is 0 Å². The van der Waals surface area contributed by atoms with Crippen LogP contribution in [0.5, 0.6) is 0 Å². The lowest BCUT2D eigenvalue weighted by atomic mass is 10.0. The summed E-state index contributed by atoms with van der Waals surface area (Å²) in [6.45, 7) is 6.90. The van der Waals surface area contributed by atoms with E-state index in [2.05, 4.69) is 13.8 Å². The highest BCUT2D eigenvalue weighted by molar-refractivity contribution is 5.69. The third-order valence-electron chi connectivity index (χ3n) is 6.57. The number of carbonyl (C=O) groups excluding carboxylic acids is 1. The maximum absolute atomic E-state index is 11.7. The molecule has 2 fully saturated rings. The van der Waals surface area contributed by atoms with Crippen molar-refractivity contribution in [2.75, 3.05) is 19.8 Å². The average molecular weight is 469 g/mol. The highest BCUT2D eigenvalue weighted by atomic mass is 16.6. The predicted molar refractivity (Wildman–Crippen MR) is 139 cm³/mol. The van der Waals surface area contributed by atoms with Gasteiger partial charge in [-0.15, -0.1) is 0 Å². The Morgan fingerprint density at radius 3 is 1.55 bits per heavy atom. The normalized spacial score (nSPS) is 18.5. The molecule has 2 unspecified atom stereocenters. The molecule has 196 valence electrons. The zero-order valence-corrected chi connectivity index (χ0v) is 22.3. The van der Waals surface area contributed by atoms with Crippen molar-refractivity contribution in [3.63, 3.8) is 0 Å². The van der Waals surface area contributed by atoms with Gasteiger partial charge in [0.05, 0.1) is 32.0 Å². The van der Waals surface area contributed by atoms with Gasteiger partial charge in [-0.05, 0) is 26.2 Å². The Hall–Kier alpha value is -0.610. The van der Waals surface area contributed by atoms with Crippen LogP contribution in [0.1, 0.15) is 149 Å². The van der Waals surface area contributed by atoms with Crippen molar-refractivity contribution < 1.29 is 19.0 Å². The lowest BCUT2D eigenvalue weighted by Gasteiger charge is -2.05. The van der Waals surface area contributed by atoms with Gasteiger partial charge in [-0.2, -0.15) is 0 Å². The monoisotopic (exact) mass is 468 g/mol. The molecule has 2 aliphatic rings. The molecule has 4 heteroatoms. The van der Waals surface area contributed by atoms with E-state index < -0.39 is 0 Å². The average Bonchev–Trinajstić information content (AvgIpc) is 3.74. The Bertz CT molecular complexity index is 418. The molecule has 2 rings (SSSR count). The summed E-state index contributed by atoms with van der Waals surface area (Å²) in [6, 6.07) is 0. The maximum Gasteiger partial charge on any atom is 0.305 e. The minimum absolute atomic E-state index is 0.00562. The molecular weight excluding hydrogens is 412 g/mol. The number of carbonyl (C=O) groups is 1. The molecule has 2 heterocycles. The Labute approximate surface area is 205 Å². The fourth-order valence-corrected chi connectivity index (χ4v) is 4.06.